The van der Waals surface area contributed by atoms with Crippen LogP contribution < -0.4 is 0 Å². The molecule has 0 aromatic heterocycles. The van der Waals surface area contributed by atoms with Gasteiger partial charge in [0.15, 0.2) is 0 Å². The first kappa shape index (κ1) is 12.3. The number of carbonyl (C=O) groups excluding carboxylic acids is 2. The van der Waals surface area contributed by atoms with Gasteiger partial charge in [0.05, 0.1) is 0 Å². The minimum atomic E-state index is -0.403. The Hall–Kier alpha value is -1.16. The molecule has 1 saturated heterocycles. The summed E-state index contributed by atoms with van der Waals surface area (Å²) in [5.74, 6) is -0.772. The molecule has 0 aliphatic carbocycles. The van der Waals surface area contributed by atoms with E-state index in [-0.39, 0.29) is 5.91 Å². The molecule has 0 unspecified atom stereocenters. The zero-order valence-corrected chi connectivity index (χ0v) is 11.1. The molecule has 1 aliphatic rings. The van der Waals surface area contributed by atoms with Gasteiger partial charge in [-0.15, -0.1) is 0 Å². The normalized spacial score (nSPS) is 15.7. The number of ketones is 1. The van der Waals surface area contributed by atoms with Crippen molar-refractivity contribution in [1.29, 1.82) is 0 Å². The van der Waals surface area contributed by atoms with Crippen LogP contribution in [-0.2, 0) is 4.79 Å². The van der Waals surface area contributed by atoms with Crippen molar-refractivity contribution in [2.24, 2.45) is 0 Å². The highest BCUT2D eigenvalue weighted by Gasteiger charge is 2.24. The fourth-order valence-corrected chi connectivity index (χ4v) is 2.23. The minimum absolute atomic E-state index is 0.368. The summed E-state index contributed by atoms with van der Waals surface area (Å²) in [5, 5.41) is 0. The van der Waals surface area contributed by atoms with Crippen molar-refractivity contribution in [2.45, 2.75) is 19.3 Å². The van der Waals surface area contributed by atoms with E-state index in [0.717, 1.165) is 23.7 Å². The molecule has 90 valence electrons. The van der Waals surface area contributed by atoms with Gasteiger partial charge in [-0.25, -0.2) is 0 Å². The van der Waals surface area contributed by atoms with E-state index in [1.54, 1.807) is 29.2 Å². The van der Waals surface area contributed by atoms with Crippen molar-refractivity contribution in [3.8, 4) is 0 Å². The van der Waals surface area contributed by atoms with E-state index < -0.39 is 5.78 Å². The Kier molecular flexibility index (Phi) is 3.94. The molecule has 2 rings (SSSR count). The lowest BCUT2D eigenvalue weighted by Crippen LogP contribution is -2.40. The lowest BCUT2D eigenvalue weighted by molar-refractivity contribution is -0.127. The Morgan fingerprint density at radius 1 is 1.00 bits per heavy atom. The summed E-state index contributed by atoms with van der Waals surface area (Å²) in [5.41, 5.74) is 0.462. The van der Waals surface area contributed by atoms with E-state index in [1.165, 1.54) is 0 Å². The van der Waals surface area contributed by atoms with Gasteiger partial charge in [0.2, 0.25) is 5.78 Å². The largest absolute Gasteiger partial charge is 0.336 e. The van der Waals surface area contributed by atoms with Crippen molar-refractivity contribution in [3.05, 3.63) is 34.3 Å². The summed E-state index contributed by atoms with van der Waals surface area (Å²) >= 11 is 3.30. The zero-order chi connectivity index (χ0) is 12.3. The number of Topliss-reactive ketones (excluding diaryl/α,β-unsaturated/α-hetero) is 1. The van der Waals surface area contributed by atoms with Gasteiger partial charge in [0, 0.05) is 23.1 Å². The standard InChI is InChI=1S/C13H14BrNO2/c14-11-6-4-10(5-7-11)12(16)13(17)15-8-2-1-3-9-15/h4-7H,1-3,8-9H2. The second kappa shape index (κ2) is 5.45. The smallest absolute Gasteiger partial charge is 0.294 e. The van der Waals surface area contributed by atoms with Gasteiger partial charge in [0.25, 0.3) is 5.91 Å². The molecular formula is C13H14BrNO2. The number of rotatable bonds is 2. The van der Waals surface area contributed by atoms with Gasteiger partial charge in [-0.05, 0) is 43.5 Å². The third kappa shape index (κ3) is 2.94. The molecule has 1 heterocycles. The molecule has 0 radical (unpaired) electrons. The van der Waals surface area contributed by atoms with Gasteiger partial charge >= 0.3 is 0 Å². The van der Waals surface area contributed by atoms with Crippen molar-refractivity contribution in [1.82, 2.24) is 4.90 Å². The number of hydrogen-bond donors (Lipinski definition) is 0. The Labute approximate surface area is 109 Å². The highest BCUT2D eigenvalue weighted by Crippen LogP contribution is 2.14. The van der Waals surface area contributed by atoms with Crippen LogP contribution in [0.15, 0.2) is 28.7 Å². The molecular weight excluding hydrogens is 282 g/mol. The first-order valence-corrected chi connectivity index (χ1v) is 6.57. The van der Waals surface area contributed by atoms with E-state index in [2.05, 4.69) is 15.9 Å². The average Bonchev–Trinajstić information content (AvgIpc) is 2.39. The number of likely N-dealkylation sites (tertiary alicyclic amines) is 1. The van der Waals surface area contributed by atoms with Gasteiger partial charge in [-0.2, -0.15) is 0 Å². The fraction of sp³-hybridized carbons (Fsp3) is 0.385. The molecule has 1 amide bonds. The maximum Gasteiger partial charge on any atom is 0.294 e. The number of carbonyl (C=O) groups is 2. The molecule has 4 heteroatoms. The number of halogens is 1. The van der Waals surface area contributed by atoms with E-state index in [1.807, 2.05) is 0 Å². The minimum Gasteiger partial charge on any atom is -0.336 e. The molecule has 0 atom stereocenters. The molecule has 0 spiro atoms. The van der Waals surface area contributed by atoms with Crippen molar-refractivity contribution in [3.63, 3.8) is 0 Å². The van der Waals surface area contributed by atoms with Crippen molar-refractivity contribution >= 4 is 27.6 Å². The summed E-state index contributed by atoms with van der Waals surface area (Å²) in [6, 6.07) is 6.90. The fourth-order valence-electron chi connectivity index (χ4n) is 1.97. The number of hydrogen-bond acceptors (Lipinski definition) is 2. The summed E-state index contributed by atoms with van der Waals surface area (Å²) in [6.07, 6.45) is 3.15. The maximum atomic E-state index is 11.9. The predicted molar refractivity (Wildman–Crippen MR) is 68.9 cm³/mol. The van der Waals surface area contributed by atoms with Crippen LogP contribution in [0.5, 0.6) is 0 Å². The van der Waals surface area contributed by atoms with Crippen LogP contribution in [0.1, 0.15) is 29.6 Å². The third-order valence-corrected chi connectivity index (χ3v) is 3.47. The van der Waals surface area contributed by atoms with Crippen LogP contribution in [0.2, 0.25) is 0 Å². The molecule has 0 bridgehead atoms. The van der Waals surface area contributed by atoms with Crippen LogP contribution in [0.25, 0.3) is 0 Å². The van der Waals surface area contributed by atoms with E-state index in [9.17, 15) is 9.59 Å². The Morgan fingerprint density at radius 3 is 2.18 bits per heavy atom. The molecule has 0 saturated carbocycles. The van der Waals surface area contributed by atoms with Crippen LogP contribution >= 0.6 is 15.9 Å². The second-order valence-corrected chi connectivity index (χ2v) is 5.10. The molecule has 0 N–H and O–H groups in total. The van der Waals surface area contributed by atoms with Crippen molar-refractivity contribution < 1.29 is 9.59 Å². The van der Waals surface area contributed by atoms with E-state index in [0.29, 0.717) is 18.7 Å². The number of benzene rings is 1. The van der Waals surface area contributed by atoms with Gasteiger partial charge < -0.3 is 4.90 Å². The molecule has 1 aliphatic heterocycles. The Balaban J connectivity index is 2.08. The quantitative estimate of drug-likeness (QED) is 0.621. The SMILES string of the molecule is O=C(C(=O)N1CCCCC1)c1ccc(Br)cc1. The molecule has 1 aromatic rings. The van der Waals surface area contributed by atoms with E-state index >= 15 is 0 Å². The lowest BCUT2D eigenvalue weighted by atomic mass is 10.1. The summed E-state index contributed by atoms with van der Waals surface area (Å²) < 4.78 is 0.902. The second-order valence-electron chi connectivity index (χ2n) is 4.19. The molecule has 17 heavy (non-hydrogen) atoms. The van der Waals surface area contributed by atoms with Crippen LogP contribution in [-0.4, -0.2) is 29.7 Å². The monoisotopic (exact) mass is 295 g/mol. The topological polar surface area (TPSA) is 37.4 Å². The Bertz CT molecular complexity index is 422. The summed E-state index contributed by atoms with van der Waals surface area (Å²) in [4.78, 5) is 25.6. The number of amides is 1. The lowest BCUT2D eigenvalue weighted by Gasteiger charge is -2.25. The van der Waals surface area contributed by atoms with Crippen LogP contribution in [0, 0.1) is 0 Å². The highest BCUT2D eigenvalue weighted by molar-refractivity contribution is 9.10. The zero-order valence-electron chi connectivity index (χ0n) is 9.49. The van der Waals surface area contributed by atoms with Gasteiger partial charge in [-0.1, -0.05) is 15.9 Å². The van der Waals surface area contributed by atoms with Gasteiger partial charge in [-0.3, -0.25) is 9.59 Å². The first-order valence-electron chi connectivity index (χ1n) is 5.77. The molecule has 1 fully saturated rings. The van der Waals surface area contributed by atoms with Gasteiger partial charge in [0.1, 0.15) is 0 Å². The summed E-state index contributed by atoms with van der Waals surface area (Å²) in [7, 11) is 0. The Morgan fingerprint density at radius 2 is 1.59 bits per heavy atom. The number of piperidine rings is 1. The molecule has 3 nitrogen and oxygen atoms in total. The van der Waals surface area contributed by atoms with Crippen LogP contribution in [0.3, 0.4) is 0 Å². The number of nitrogens with zero attached hydrogens (tertiary/aromatic N) is 1. The predicted octanol–water partition coefficient (Wildman–Crippen LogP) is 2.64. The van der Waals surface area contributed by atoms with Crippen LogP contribution in [0.4, 0.5) is 0 Å². The van der Waals surface area contributed by atoms with E-state index in [4.69, 9.17) is 0 Å². The highest BCUT2D eigenvalue weighted by atomic mass is 79.9. The average molecular weight is 296 g/mol. The molecule has 1 aromatic carbocycles. The van der Waals surface area contributed by atoms with Crippen molar-refractivity contribution in [2.75, 3.05) is 13.1 Å². The maximum absolute atomic E-state index is 11.9. The third-order valence-electron chi connectivity index (χ3n) is 2.94. The summed E-state index contributed by atoms with van der Waals surface area (Å²) in [6.45, 7) is 1.42. The first-order chi connectivity index (χ1) is 8.18.